The van der Waals surface area contributed by atoms with Gasteiger partial charge in [0.1, 0.15) is 5.71 Å². The molecule has 25 heavy (non-hydrogen) atoms. The Morgan fingerprint density at radius 3 is 2.60 bits per heavy atom. The largest absolute Gasteiger partial charge is 0.289 e. The molecule has 1 aromatic carbocycles. The summed E-state index contributed by atoms with van der Waals surface area (Å²) in [6.07, 6.45) is 1.67. The number of carbonyl (C=O) groups excluding carboxylic acids is 2. The molecule has 0 radical (unpaired) electrons. The molecular formula is C18H18N4O2S. The van der Waals surface area contributed by atoms with E-state index in [2.05, 4.69) is 9.98 Å². The molecule has 0 aliphatic carbocycles. The maximum Gasteiger partial charge on any atom is 0.289 e. The van der Waals surface area contributed by atoms with Crippen molar-refractivity contribution in [2.75, 3.05) is 17.8 Å². The van der Waals surface area contributed by atoms with Crippen LogP contribution >= 0.6 is 11.8 Å². The van der Waals surface area contributed by atoms with E-state index >= 15 is 0 Å². The number of anilines is 1. The van der Waals surface area contributed by atoms with Gasteiger partial charge in [-0.1, -0.05) is 36.0 Å². The Balaban J connectivity index is 1.74. The fraction of sp³-hybridized carbons (Fsp3) is 0.222. The molecule has 0 N–H and O–H groups in total. The quantitative estimate of drug-likeness (QED) is 0.789. The van der Waals surface area contributed by atoms with Crippen LogP contribution in [-0.4, -0.2) is 46.4 Å². The first-order valence-corrected chi connectivity index (χ1v) is 8.84. The number of aliphatic imine (C=N–C) groups is 1. The van der Waals surface area contributed by atoms with Crippen molar-refractivity contribution in [1.29, 1.82) is 0 Å². The molecule has 1 saturated heterocycles. The first-order valence-electron chi connectivity index (χ1n) is 7.85. The summed E-state index contributed by atoms with van der Waals surface area (Å²) in [5.74, 6) is -0.457. The number of aromatic nitrogens is 1. The van der Waals surface area contributed by atoms with Gasteiger partial charge >= 0.3 is 0 Å². The highest BCUT2D eigenvalue weighted by molar-refractivity contribution is 7.99. The van der Waals surface area contributed by atoms with Gasteiger partial charge < -0.3 is 0 Å². The van der Waals surface area contributed by atoms with E-state index in [1.54, 1.807) is 16.2 Å². The van der Waals surface area contributed by atoms with Crippen LogP contribution in [0.1, 0.15) is 6.92 Å². The minimum atomic E-state index is -0.339. The van der Waals surface area contributed by atoms with Crippen molar-refractivity contribution in [3.05, 3.63) is 54.7 Å². The van der Waals surface area contributed by atoms with E-state index in [0.29, 0.717) is 0 Å². The number of hydrazine groups is 1. The Morgan fingerprint density at radius 1 is 1.20 bits per heavy atom. The third-order valence-electron chi connectivity index (χ3n) is 3.91. The van der Waals surface area contributed by atoms with Crippen LogP contribution in [0.2, 0.25) is 0 Å². The van der Waals surface area contributed by atoms with Crippen LogP contribution in [0.4, 0.5) is 5.69 Å². The number of pyridine rings is 1. The van der Waals surface area contributed by atoms with E-state index in [1.807, 2.05) is 62.5 Å². The average molecular weight is 354 g/mol. The molecule has 7 heteroatoms. The lowest BCUT2D eigenvalue weighted by Gasteiger charge is -2.25. The highest BCUT2D eigenvalue weighted by Gasteiger charge is 2.40. The lowest BCUT2D eigenvalue weighted by molar-refractivity contribution is -0.116. The molecule has 0 bridgehead atoms. The smallest absolute Gasteiger partial charge is 0.272 e. The second kappa shape index (κ2) is 7.58. The first-order chi connectivity index (χ1) is 12.1. The predicted octanol–water partition coefficient (Wildman–Crippen LogP) is 2.42. The summed E-state index contributed by atoms with van der Waals surface area (Å²) in [7, 11) is 1.81. The number of hydrogen-bond donors (Lipinski definition) is 0. The van der Waals surface area contributed by atoms with Crippen molar-refractivity contribution >= 4 is 35.0 Å². The molecule has 1 unspecified atom stereocenters. The van der Waals surface area contributed by atoms with E-state index in [4.69, 9.17) is 0 Å². The highest BCUT2D eigenvalue weighted by Crippen LogP contribution is 2.24. The van der Waals surface area contributed by atoms with Gasteiger partial charge in [0.15, 0.2) is 0 Å². The molecule has 3 rings (SSSR count). The van der Waals surface area contributed by atoms with Crippen molar-refractivity contribution in [3.8, 4) is 0 Å². The predicted molar refractivity (Wildman–Crippen MR) is 98.6 cm³/mol. The summed E-state index contributed by atoms with van der Waals surface area (Å²) >= 11 is 1.31. The molecule has 0 saturated carbocycles. The molecule has 2 aromatic rings. The Bertz CT molecular complexity index is 795. The summed E-state index contributed by atoms with van der Waals surface area (Å²) in [5, 5.41) is 4.09. The van der Waals surface area contributed by atoms with Crippen molar-refractivity contribution in [2.45, 2.75) is 18.0 Å². The van der Waals surface area contributed by atoms with E-state index < -0.39 is 0 Å². The van der Waals surface area contributed by atoms with E-state index in [9.17, 15) is 9.59 Å². The fourth-order valence-electron chi connectivity index (χ4n) is 2.53. The van der Waals surface area contributed by atoms with Crippen molar-refractivity contribution in [1.82, 2.24) is 9.99 Å². The van der Waals surface area contributed by atoms with Gasteiger partial charge in [0.25, 0.3) is 11.8 Å². The summed E-state index contributed by atoms with van der Waals surface area (Å²) in [4.78, 5) is 33.1. The number of rotatable bonds is 4. The maximum atomic E-state index is 12.7. The number of hydrogen-bond acceptors (Lipinski definition) is 5. The topological polar surface area (TPSA) is 65.9 Å². The van der Waals surface area contributed by atoms with Crippen LogP contribution in [0.15, 0.2) is 64.7 Å². The Morgan fingerprint density at radius 2 is 1.92 bits per heavy atom. The van der Waals surface area contributed by atoms with Crippen LogP contribution in [0.3, 0.4) is 0 Å². The minimum absolute atomic E-state index is 0.148. The summed E-state index contributed by atoms with van der Waals surface area (Å²) in [6, 6.07) is 14.6. The lowest BCUT2D eigenvalue weighted by atomic mass is 10.2. The van der Waals surface area contributed by atoms with E-state index in [1.165, 1.54) is 11.8 Å². The Kier molecular flexibility index (Phi) is 5.25. The number of thioether (sulfide) groups is 1. The molecule has 1 aliphatic rings. The Labute approximate surface area is 150 Å². The fourth-order valence-corrected chi connectivity index (χ4v) is 3.17. The molecule has 0 spiro atoms. The average Bonchev–Trinajstić information content (AvgIpc) is 2.85. The maximum absolute atomic E-state index is 12.7. The molecule has 2 amide bonds. The third kappa shape index (κ3) is 3.78. The van der Waals surface area contributed by atoms with Crippen molar-refractivity contribution < 1.29 is 9.59 Å². The molecule has 1 fully saturated rings. The number of amides is 2. The lowest BCUT2D eigenvalue weighted by Crippen LogP contribution is -2.38. The first kappa shape index (κ1) is 17.3. The van der Waals surface area contributed by atoms with Gasteiger partial charge in [-0.2, -0.15) is 0 Å². The normalized spacial score (nSPS) is 19.6. The zero-order valence-electron chi connectivity index (χ0n) is 14.0. The molecule has 6 nitrogen and oxygen atoms in total. The van der Waals surface area contributed by atoms with Gasteiger partial charge in [0, 0.05) is 13.2 Å². The molecule has 128 valence electrons. The van der Waals surface area contributed by atoms with Gasteiger partial charge in [-0.3, -0.25) is 9.59 Å². The minimum Gasteiger partial charge on any atom is -0.272 e. The number of benzene rings is 1. The number of para-hydroxylation sites is 1. The van der Waals surface area contributed by atoms with Crippen LogP contribution in [0, 0.1) is 0 Å². The van der Waals surface area contributed by atoms with Crippen molar-refractivity contribution in [2.24, 2.45) is 4.99 Å². The second-order valence-corrected chi connectivity index (χ2v) is 6.55. The van der Waals surface area contributed by atoms with Crippen LogP contribution in [-0.2, 0) is 9.59 Å². The third-order valence-corrected chi connectivity index (χ3v) is 4.84. The molecular weight excluding hydrogens is 336 g/mol. The number of carbonyl (C=O) groups is 2. The monoisotopic (exact) mass is 354 g/mol. The standard InChI is InChI=1S/C18H18N4O2S/c1-13-17(20-15(23)12-25-16-10-6-7-11-19-16)18(24)22(21(13)2)14-8-4-3-5-9-14/h3-11,13H,12H2,1-2H3. The van der Waals surface area contributed by atoms with Gasteiger partial charge in [0.2, 0.25) is 0 Å². The van der Waals surface area contributed by atoms with Crippen LogP contribution in [0.25, 0.3) is 0 Å². The molecule has 1 atom stereocenters. The van der Waals surface area contributed by atoms with E-state index in [0.717, 1.165) is 10.7 Å². The van der Waals surface area contributed by atoms with Gasteiger partial charge in [-0.05, 0) is 31.2 Å². The summed E-state index contributed by atoms with van der Waals surface area (Å²) in [5.41, 5.74) is 1.01. The second-order valence-electron chi connectivity index (χ2n) is 5.55. The molecule has 2 heterocycles. The van der Waals surface area contributed by atoms with Gasteiger partial charge in [0.05, 0.1) is 22.5 Å². The van der Waals surface area contributed by atoms with Crippen LogP contribution < -0.4 is 5.01 Å². The van der Waals surface area contributed by atoms with Gasteiger partial charge in [-0.25, -0.2) is 20.0 Å². The zero-order chi connectivity index (χ0) is 17.8. The molecule has 1 aliphatic heterocycles. The zero-order valence-corrected chi connectivity index (χ0v) is 14.8. The van der Waals surface area contributed by atoms with Gasteiger partial charge in [-0.15, -0.1) is 0 Å². The van der Waals surface area contributed by atoms with E-state index in [-0.39, 0.29) is 29.3 Å². The SMILES string of the molecule is CC1C(=NC(=O)CSc2ccccn2)C(=O)N(c2ccccc2)N1C. The number of nitrogens with zero attached hydrogens (tertiary/aromatic N) is 4. The summed E-state index contributed by atoms with van der Waals surface area (Å²) < 4.78 is 0. The Hall–Kier alpha value is -2.51. The summed E-state index contributed by atoms with van der Waals surface area (Å²) in [6.45, 7) is 1.86. The molecule has 1 aromatic heterocycles. The van der Waals surface area contributed by atoms with Crippen LogP contribution in [0.5, 0.6) is 0 Å². The van der Waals surface area contributed by atoms with Crippen molar-refractivity contribution in [3.63, 3.8) is 0 Å². The highest BCUT2D eigenvalue weighted by atomic mass is 32.2.